The van der Waals surface area contributed by atoms with E-state index in [1.54, 1.807) is 0 Å². The molecule has 0 amide bonds. The molecule has 0 unspecified atom stereocenters. The van der Waals surface area contributed by atoms with Gasteiger partial charge in [-0.3, -0.25) is 0 Å². The summed E-state index contributed by atoms with van der Waals surface area (Å²) in [6.45, 7) is 2.23. The summed E-state index contributed by atoms with van der Waals surface area (Å²) in [7, 11) is 0. The van der Waals surface area contributed by atoms with Gasteiger partial charge in [-0.15, -0.1) is 12.6 Å². The maximum absolute atomic E-state index is 9.36. The zero-order valence-electron chi connectivity index (χ0n) is 5.80. The first-order chi connectivity index (χ1) is 4.10. The highest BCUT2D eigenvalue weighted by atomic mass is 32.1. The summed E-state index contributed by atoms with van der Waals surface area (Å²) in [5.41, 5.74) is 0. The number of rotatable bonds is 0. The van der Waals surface area contributed by atoms with Gasteiger partial charge in [0.2, 0.25) is 0 Å². The van der Waals surface area contributed by atoms with Crippen LogP contribution in [0.15, 0.2) is 0 Å². The fraction of sp³-hybridized carbons (Fsp3) is 1.00. The Morgan fingerprint density at radius 1 is 1.44 bits per heavy atom. The van der Waals surface area contributed by atoms with Crippen molar-refractivity contribution in [1.82, 2.24) is 0 Å². The number of hydrogen-bond acceptors (Lipinski definition) is 2. The molecule has 0 radical (unpaired) electrons. The van der Waals surface area contributed by atoms with Crippen LogP contribution in [0.1, 0.15) is 32.6 Å². The van der Waals surface area contributed by atoms with E-state index in [2.05, 4.69) is 19.6 Å². The van der Waals surface area contributed by atoms with Crippen LogP contribution in [0.25, 0.3) is 0 Å². The molecule has 0 spiro atoms. The van der Waals surface area contributed by atoms with E-state index in [9.17, 15) is 5.11 Å². The van der Waals surface area contributed by atoms with E-state index in [1.807, 2.05) is 0 Å². The van der Waals surface area contributed by atoms with Crippen molar-refractivity contribution in [1.29, 1.82) is 0 Å². The van der Waals surface area contributed by atoms with Crippen molar-refractivity contribution >= 4 is 12.6 Å². The lowest BCUT2D eigenvalue weighted by atomic mass is 9.88. The molecule has 0 aliphatic heterocycles. The Hall–Kier alpha value is 0.310. The molecule has 54 valence electrons. The lowest BCUT2D eigenvalue weighted by Gasteiger charge is -2.30. The quantitative estimate of drug-likeness (QED) is 0.394. The Morgan fingerprint density at radius 2 is 1.89 bits per heavy atom. The van der Waals surface area contributed by atoms with Crippen LogP contribution < -0.4 is 0 Å². The SMILES string of the molecule is CC1CCC(O)(S)CC1. The maximum atomic E-state index is 9.36. The highest BCUT2D eigenvalue weighted by Crippen LogP contribution is 2.33. The molecule has 0 aromatic carbocycles. The van der Waals surface area contributed by atoms with Gasteiger partial charge in [-0.1, -0.05) is 6.92 Å². The van der Waals surface area contributed by atoms with Crippen molar-refractivity contribution in [3.63, 3.8) is 0 Å². The Kier molecular flexibility index (Phi) is 2.07. The summed E-state index contributed by atoms with van der Waals surface area (Å²) >= 11 is 4.11. The summed E-state index contributed by atoms with van der Waals surface area (Å²) in [5, 5.41) is 9.36. The van der Waals surface area contributed by atoms with Gasteiger partial charge in [0, 0.05) is 0 Å². The minimum absolute atomic E-state index is 0.646. The van der Waals surface area contributed by atoms with Crippen LogP contribution in [-0.2, 0) is 0 Å². The summed E-state index contributed by atoms with van der Waals surface area (Å²) in [4.78, 5) is -0.646. The molecule has 1 fully saturated rings. The van der Waals surface area contributed by atoms with Crippen molar-refractivity contribution in [2.45, 2.75) is 37.5 Å². The lowest BCUT2D eigenvalue weighted by molar-refractivity contribution is 0.0811. The number of aliphatic hydroxyl groups is 1. The van der Waals surface area contributed by atoms with Gasteiger partial charge in [0.15, 0.2) is 0 Å². The van der Waals surface area contributed by atoms with Crippen LogP contribution in [0.5, 0.6) is 0 Å². The van der Waals surface area contributed by atoms with Crippen LogP contribution in [0.4, 0.5) is 0 Å². The standard InChI is InChI=1S/C7H14OS/c1-6-2-4-7(8,9)5-3-6/h6,8-9H,2-5H2,1H3. The Bertz CT molecular complexity index is 91.1. The monoisotopic (exact) mass is 146 g/mol. The van der Waals surface area contributed by atoms with E-state index in [-0.39, 0.29) is 0 Å². The molecular weight excluding hydrogens is 132 g/mol. The van der Waals surface area contributed by atoms with Crippen LogP contribution in [0, 0.1) is 5.92 Å². The number of hydrogen-bond donors (Lipinski definition) is 2. The average molecular weight is 146 g/mol. The zero-order chi connectivity index (χ0) is 6.91. The highest BCUT2D eigenvalue weighted by molar-refractivity contribution is 7.81. The molecule has 0 heterocycles. The first-order valence-electron chi connectivity index (χ1n) is 3.55. The molecule has 2 heteroatoms. The van der Waals surface area contributed by atoms with Gasteiger partial charge >= 0.3 is 0 Å². The smallest absolute Gasteiger partial charge is 0.107 e. The van der Waals surface area contributed by atoms with Crippen molar-refractivity contribution in [2.24, 2.45) is 5.92 Å². The van der Waals surface area contributed by atoms with Gasteiger partial charge in [-0.2, -0.15) is 0 Å². The summed E-state index contributed by atoms with van der Waals surface area (Å²) < 4.78 is 0. The normalized spacial score (nSPS) is 45.0. The van der Waals surface area contributed by atoms with Crippen molar-refractivity contribution < 1.29 is 5.11 Å². The van der Waals surface area contributed by atoms with E-state index < -0.39 is 4.93 Å². The maximum Gasteiger partial charge on any atom is 0.107 e. The third-order valence-electron chi connectivity index (χ3n) is 2.08. The summed E-state index contributed by atoms with van der Waals surface area (Å²) in [5.74, 6) is 0.789. The van der Waals surface area contributed by atoms with Gasteiger partial charge in [-0.05, 0) is 31.6 Å². The third-order valence-corrected chi connectivity index (χ3v) is 2.52. The van der Waals surface area contributed by atoms with E-state index in [1.165, 1.54) is 0 Å². The second kappa shape index (κ2) is 2.51. The molecule has 0 aromatic rings. The molecule has 1 aliphatic rings. The van der Waals surface area contributed by atoms with Gasteiger partial charge in [0.25, 0.3) is 0 Å². The molecule has 0 saturated heterocycles. The molecule has 1 aliphatic carbocycles. The first kappa shape index (κ1) is 7.42. The van der Waals surface area contributed by atoms with E-state index in [0.29, 0.717) is 0 Å². The van der Waals surface area contributed by atoms with Crippen LogP contribution in [-0.4, -0.2) is 10.0 Å². The van der Waals surface area contributed by atoms with Crippen LogP contribution >= 0.6 is 12.6 Å². The van der Waals surface area contributed by atoms with Crippen LogP contribution in [0.2, 0.25) is 0 Å². The van der Waals surface area contributed by atoms with E-state index in [4.69, 9.17) is 0 Å². The minimum atomic E-state index is -0.646. The Balaban J connectivity index is 2.35. The lowest BCUT2D eigenvalue weighted by Crippen LogP contribution is -2.26. The van der Waals surface area contributed by atoms with Gasteiger partial charge < -0.3 is 5.11 Å². The van der Waals surface area contributed by atoms with Gasteiger partial charge in [0.1, 0.15) is 4.93 Å². The molecule has 1 nitrogen and oxygen atoms in total. The first-order valence-corrected chi connectivity index (χ1v) is 4.00. The number of thiol groups is 1. The van der Waals surface area contributed by atoms with Crippen molar-refractivity contribution in [2.75, 3.05) is 0 Å². The fourth-order valence-corrected chi connectivity index (χ4v) is 1.48. The molecule has 0 bridgehead atoms. The second-order valence-corrected chi connectivity index (χ2v) is 4.00. The summed E-state index contributed by atoms with van der Waals surface area (Å²) in [6.07, 6.45) is 3.97. The summed E-state index contributed by atoms with van der Waals surface area (Å²) in [6, 6.07) is 0. The van der Waals surface area contributed by atoms with Gasteiger partial charge in [-0.25, -0.2) is 0 Å². The zero-order valence-corrected chi connectivity index (χ0v) is 6.69. The Morgan fingerprint density at radius 3 is 2.22 bits per heavy atom. The molecular formula is C7H14OS. The average Bonchev–Trinajstić information content (AvgIpc) is 1.78. The highest BCUT2D eigenvalue weighted by Gasteiger charge is 2.27. The predicted octanol–water partition coefficient (Wildman–Crippen LogP) is 1.81. The van der Waals surface area contributed by atoms with Crippen LogP contribution in [0.3, 0.4) is 0 Å². The molecule has 1 saturated carbocycles. The Labute approximate surface area is 61.9 Å². The predicted molar refractivity (Wildman–Crippen MR) is 41.6 cm³/mol. The van der Waals surface area contributed by atoms with E-state index >= 15 is 0 Å². The van der Waals surface area contributed by atoms with Crippen molar-refractivity contribution in [3.8, 4) is 0 Å². The molecule has 0 atom stereocenters. The molecule has 0 aromatic heterocycles. The molecule has 9 heavy (non-hydrogen) atoms. The third kappa shape index (κ3) is 2.18. The fourth-order valence-electron chi connectivity index (χ4n) is 1.22. The van der Waals surface area contributed by atoms with Crippen molar-refractivity contribution in [3.05, 3.63) is 0 Å². The molecule has 1 N–H and O–H groups in total. The van der Waals surface area contributed by atoms with Gasteiger partial charge in [0.05, 0.1) is 0 Å². The molecule has 1 rings (SSSR count). The largest absolute Gasteiger partial charge is 0.380 e. The van der Waals surface area contributed by atoms with E-state index in [0.717, 1.165) is 31.6 Å². The topological polar surface area (TPSA) is 20.2 Å². The second-order valence-electron chi connectivity index (χ2n) is 3.16. The minimum Gasteiger partial charge on any atom is -0.380 e.